The van der Waals surface area contributed by atoms with Gasteiger partial charge in [-0.05, 0) is 49.7 Å². The number of aryl methyl sites for hydroxylation is 2. The van der Waals surface area contributed by atoms with Crippen LogP contribution < -0.4 is 10.2 Å². The molecular formula is C19H17FN2O3S. The summed E-state index contributed by atoms with van der Waals surface area (Å²) in [6.45, 7) is 4.21. The molecule has 0 aliphatic rings. The molecule has 26 heavy (non-hydrogen) atoms. The zero-order valence-corrected chi connectivity index (χ0v) is 15.1. The molecule has 7 heteroatoms. The summed E-state index contributed by atoms with van der Waals surface area (Å²) in [5.74, 6) is 0.931. The minimum absolute atomic E-state index is 0.124. The molecule has 2 heterocycles. The van der Waals surface area contributed by atoms with Gasteiger partial charge in [0, 0.05) is 0 Å². The molecule has 2 aromatic heterocycles. The smallest absolute Gasteiger partial charge is 0.307 e. The fraction of sp³-hybridized carbons (Fsp3) is 0.158. The van der Waals surface area contributed by atoms with Gasteiger partial charge in [0.2, 0.25) is 0 Å². The summed E-state index contributed by atoms with van der Waals surface area (Å²) >= 11 is 0.939. The van der Waals surface area contributed by atoms with E-state index in [1.54, 1.807) is 18.2 Å². The monoisotopic (exact) mass is 372 g/mol. The predicted molar refractivity (Wildman–Crippen MR) is 98.3 cm³/mol. The van der Waals surface area contributed by atoms with Crippen molar-refractivity contribution in [3.8, 4) is 5.75 Å². The van der Waals surface area contributed by atoms with Gasteiger partial charge < -0.3 is 9.15 Å². The minimum Gasteiger partial charge on any atom is -0.485 e. The molecule has 3 rings (SSSR count). The van der Waals surface area contributed by atoms with Crippen molar-refractivity contribution in [3.63, 3.8) is 0 Å². The lowest BCUT2D eigenvalue weighted by Crippen LogP contribution is -2.16. The first-order valence-electron chi connectivity index (χ1n) is 7.89. The van der Waals surface area contributed by atoms with Gasteiger partial charge in [-0.25, -0.2) is 5.43 Å². The Hall–Kier alpha value is -2.93. The van der Waals surface area contributed by atoms with Gasteiger partial charge in [0.15, 0.2) is 10.9 Å². The van der Waals surface area contributed by atoms with Crippen LogP contribution in [0, 0.1) is 19.0 Å². The summed E-state index contributed by atoms with van der Waals surface area (Å²) in [6.07, 6.45) is 1.37. The molecule has 0 atom stereocenters. The van der Waals surface area contributed by atoms with Crippen molar-refractivity contribution in [2.75, 3.05) is 0 Å². The van der Waals surface area contributed by atoms with Crippen molar-refractivity contribution >= 4 is 23.5 Å². The molecule has 1 N–H and O–H groups in total. The standard InChI is InChI=1S/C19H17FN2O3S/c1-12-3-6-16(13(2)9-12)24-11-14-4-7-17(25-14)19(23)22-21-10-15-5-8-18(20)26-15/h3-10H,11H2,1-2H3,(H,22,23). The quantitative estimate of drug-likeness (QED) is 0.514. The number of thiophene rings is 1. The third kappa shape index (κ3) is 4.58. The van der Waals surface area contributed by atoms with Crippen LogP contribution in [0.3, 0.4) is 0 Å². The van der Waals surface area contributed by atoms with E-state index in [4.69, 9.17) is 9.15 Å². The number of nitrogens with one attached hydrogen (secondary N) is 1. The molecule has 1 aromatic carbocycles. The number of ether oxygens (including phenoxy) is 1. The van der Waals surface area contributed by atoms with Crippen molar-refractivity contribution in [2.45, 2.75) is 20.5 Å². The van der Waals surface area contributed by atoms with E-state index in [1.165, 1.54) is 12.3 Å². The molecular weight excluding hydrogens is 355 g/mol. The van der Waals surface area contributed by atoms with Crippen molar-refractivity contribution in [1.82, 2.24) is 5.43 Å². The average Bonchev–Trinajstić information content (AvgIpc) is 3.23. The maximum Gasteiger partial charge on any atom is 0.307 e. The van der Waals surface area contributed by atoms with E-state index in [1.807, 2.05) is 32.0 Å². The third-order valence-electron chi connectivity index (χ3n) is 3.54. The second-order valence-corrected chi connectivity index (χ2v) is 6.73. The van der Waals surface area contributed by atoms with E-state index in [9.17, 15) is 9.18 Å². The molecule has 0 unspecified atom stereocenters. The molecule has 0 bridgehead atoms. The van der Waals surface area contributed by atoms with Crippen molar-refractivity contribution < 1.29 is 18.3 Å². The number of carbonyl (C=O) groups excluding carboxylic acids is 1. The maximum absolute atomic E-state index is 12.9. The minimum atomic E-state index is -0.490. The number of hydrogen-bond acceptors (Lipinski definition) is 5. The van der Waals surface area contributed by atoms with Gasteiger partial charge in [-0.3, -0.25) is 4.79 Å². The largest absolute Gasteiger partial charge is 0.485 e. The number of hydrazone groups is 1. The zero-order valence-electron chi connectivity index (χ0n) is 14.3. The lowest BCUT2D eigenvalue weighted by atomic mass is 10.1. The first-order chi connectivity index (χ1) is 12.5. The normalized spacial score (nSPS) is 11.0. The van der Waals surface area contributed by atoms with Crippen LogP contribution in [0.2, 0.25) is 0 Å². The Kier molecular flexibility index (Phi) is 5.48. The van der Waals surface area contributed by atoms with E-state index in [0.717, 1.165) is 28.2 Å². The Morgan fingerprint density at radius 1 is 1.27 bits per heavy atom. The number of halogens is 1. The maximum atomic E-state index is 12.9. The highest BCUT2D eigenvalue weighted by atomic mass is 32.1. The third-order valence-corrected chi connectivity index (χ3v) is 4.35. The molecule has 0 aliphatic carbocycles. The Labute approximate surface area is 154 Å². The number of nitrogens with zero attached hydrogens (tertiary/aromatic N) is 1. The number of carbonyl (C=O) groups is 1. The molecule has 0 aliphatic heterocycles. The molecule has 0 radical (unpaired) electrons. The summed E-state index contributed by atoms with van der Waals surface area (Å²) in [5.41, 5.74) is 4.54. The van der Waals surface area contributed by atoms with Crippen molar-refractivity contribution in [3.05, 3.63) is 75.1 Å². The lowest BCUT2D eigenvalue weighted by molar-refractivity contribution is 0.0923. The van der Waals surface area contributed by atoms with E-state index < -0.39 is 5.91 Å². The molecule has 134 valence electrons. The van der Waals surface area contributed by atoms with Gasteiger partial charge in [-0.15, -0.1) is 11.3 Å². The Balaban J connectivity index is 1.55. The number of benzene rings is 1. The summed E-state index contributed by atoms with van der Waals surface area (Å²) in [6, 6.07) is 12.1. The fourth-order valence-electron chi connectivity index (χ4n) is 2.29. The fourth-order valence-corrected chi connectivity index (χ4v) is 2.90. The van der Waals surface area contributed by atoms with Gasteiger partial charge in [-0.1, -0.05) is 17.7 Å². The lowest BCUT2D eigenvalue weighted by Gasteiger charge is -2.08. The van der Waals surface area contributed by atoms with E-state index >= 15 is 0 Å². The summed E-state index contributed by atoms with van der Waals surface area (Å²) in [4.78, 5) is 12.6. The van der Waals surface area contributed by atoms with Crippen molar-refractivity contribution in [2.24, 2.45) is 5.10 Å². The highest BCUT2D eigenvalue weighted by Gasteiger charge is 2.11. The molecule has 0 saturated carbocycles. The van der Waals surface area contributed by atoms with Gasteiger partial charge in [0.25, 0.3) is 0 Å². The van der Waals surface area contributed by atoms with Gasteiger partial charge in [-0.2, -0.15) is 9.49 Å². The number of amides is 1. The molecule has 0 saturated heterocycles. The van der Waals surface area contributed by atoms with Crippen LogP contribution in [-0.4, -0.2) is 12.1 Å². The molecule has 0 spiro atoms. The van der Waals surface area contributed by atoms with E-state index in [-0.39, 0.29) is 17.5 Å². The second kappa shape index (κ2) is 7.97. The van der Waals surface area contributed by atoms with Crippen LogP contribution in [0.5, 0.6) is 5.75 Å². The summed E-state index contributed by atoms with van der Waals surface area (Å²) in [5, 5.41) is 3.47. The predicted octanol–water partition coefficient (Wildman–Crippen LogP) is 4.44. The zero-order chi connectivity index (χ0) is 18.5. The molecule has 1 amide bonds. The Bertz CT molecular complexity index is 946. The molecule has 3 aromatic rings. The summed E-state index contributed by atoms with van der Waals surface area (Å²) in [7, 11) is 0. The summed E-state index contributed by atoms with van der Waals surface area (Å²) < 4.78 is 24.1. The Morgan fingerprint density at radius 2 is 2.12 bits per heavy atom. The van der Waals surface area contributed by atoms with E-state index in [0.29, 0.717) is 10.6 Å². The van der Waals surface area contributed by atoms with Crippen molar-refractivity contribution in [1.29, 1.82) is 0 Å². The molecule has 0 fully saturated rings. The van der Waals surface area contributed by atoms with Crippen LogP contribution in [0.25, 0.3) is 0 Å². The van der Waals surface area contributed by atoms with E-state index in [2.05, 4.69) is 10.5 Å². The molecule has 5 nitrogen and oxygen atoms in total. The van der Waals surface area contributed by atoms with Gasteiger partial charge in [0.1, 0.15) is 18.1 Å². The van der Waals surface area contributed by atoms with Crippen LogP contribution in [0.1, 0.15) is 32.3 Å². The highest BCUT2D eigenvalue weighted by molar-refractivity contribution is 7.12. The second-order valence-electron chi connectivity index (χ2n) is 5.66. The SMILES string of the molecule is Cc1ccc(OCc2ccc(C(=O)NN=Cc3ccc(F)s3)o2)c(C)c1. The van der Waals surface area contributed by atoms with Crippen LogP contribution in [-0.2, 0) is 6.61 Å². The number of hydrogen-bond donors (Lipinski definition) is 1. The number of rotatable bonds is 6. The highest BCUT2D eigenvalue weighted by Crippen LogP contribution is 2.20. The van der Waals surface area contributed by atoms with Gasteiger partial charge in [0.05, 0.1) is 11.1 Å². The van der Waals surface area contributed by atoms with Crippen LogP contribution in [0.15, 0.2) is 52.0 Å². The Morgan fingerprint density at radius 3 is 2.85 bits per heavy atom. The van der Waals surface area contributed by atoms with Crippen LogP contribution in [0.4, 0.5) is 4.39 Å². The topological polar surface area (TPSA) is 63.8 Å². The van der Waals surface area contributed by atoms with Gasteiger partial charge >= 0.3 is 5.91 Å². The average molecular weight is 372 g/mol. The number of furan rings is 1. The first kappa shape index (κ1) is 17.9. The first-order valence-corrected chi connectivity index (χ1v) is 8.70. The van der Waals surface area contributed by atoms with Crippen LogP contribution >= 0.6 is 11.3 Å².